The van der Waals surface area contributed by atoms with Crippen molar-refractivity contribution in [1.82, 2.24) is 5.32 Å². The summed E-state index contributed by atoms with van der Waals surface area (Å²) in [4.78, 5) is 34.8. The van der Waals surface area contributed by atoms with Crippen LogP contribution in [0.2, 0.25) is 0 Å². The molecule has 0 saturated heterocycles. The summed E-state index contributed by atoms with van der Waals surface area (Å²) >= 11 is 0. The van der Waals surface area contributed by atoms with Crippen molar-refractivity contribution in [2.45, 2.75) is 161 Å². The van der Waals surface area contributed by atoms with Crippen LogP contribution in [-0.2, 0) is 32.7 Å². The fourth-order valence-corrected chi connectivity index (χ4v) is 5.45. The first-order valence-electron chi connectivity index (χ1n) is 18.3. The number of phosphoric ester groups is 1. The van der Waals surface area contributed by atoms with E-state index in [1.807, 2.05) is 0 Å². The topological polar surface area (TPSA) is 120 Å². The number of ether oxygens (including phenoxy) is 2. The quantitative estimate of drug-likeness (QED) is 0.0298. The lowest BCUT2D eigenvalue weighted by Crippen LogP contribution is -2.29. The molecule has 0 spiro atoms. The minimum atomic E-state index is -4.34. The first kappa shape index (κ1) is 44.5. The Hall–Kier alpha value is -1.51. The number of rotatable bonds is 34. The Balaban J connectivity index is 4.35. The molecular formula is C36H68NO8P. The number of hydrogen-bond acceptors (Lipinski definition) is 8. The van der Waals surface area contributed by atoms with Crippen LogP contribution in [0.15, 0.2) is 24.3 Å². The van der Waals surface area contributed by atoms with E-state index in [0.717, 1.165) is 77.0 Å². The molecule has 46 heavy (non-hydrogen) atoms. The molecule has 2 N–H and O–H groups in total. The number of esters is 2. The van der Waals surface area contributed by atoms with E-state index in [4.69, 9.17) is 18.5 Å². The third kappa shape index (κ3) is 32.4. The first-order valence-corrected chi connectivity index (χ1v) is 19.8. The van der Waals surface area contributed by atoms with Crippen molar-refractivity contribution in [3.63, 3.8) is 0 Å². The van der Waals surface area contributed by atoms with Gasteiger partial charge in [-0.1, -0.05) is 109 Å². The molecule has 0 rings (SSSR count). The van der Waals surface area contributed by atoms with Crippen LogP contribution in [0.3, 0.4) is 0 Å². The average Bonchev–Trinajstić information content (AvgIpc) is 3.03. The summed E-state index contributed by atoms with van der Waals surface area (Å²) in [5.74, 6) is -0.830. The molecule has 2 unspecified atom stereocenters. The molecule has 0 aromatic carbocycles. The van der Waals surface area contributed by atoms with Crippen LogP contribution in [0.1, 0.15) is 155 Å². The van der Waals surface area contributed by atoms with Crippen LogP contribution in [0, 0.1) is 0 Å². The summed E-state index contributed by atoms with van der Waals surface area (Å²) in [6.45, 7) is 4.13. The second kappa shape index (κ2) is 33.4. The lowest BCUT2D eigenvalue weighted by atomic mass is 10.1. The highest BCUT2D eigenvalue weighted by atomic mass is 31.2. The van der Waals surface area contributed by atoms with Gasteiger partial charge in [-0.05, 0) is 64.8 Å². The zero-order valence-corrected chi connectivity index (χ0v) is 30.4. The minimum Gasteiger partial charge on any atom is -0.462 e. The van der Waals surface area contributed by atoms with Crippen molar-refractivity contribution in [3.8, 4) is 0 Å². The Kier molecular flexibility index (Phi) is 32.3. The van der Waals surface area contributed by atoms with Gasteiger partial charge in [0.05, 0.1) is 13.2 Å². The standard InChI is InChI=1S/C36H68NO8P/c1-4-6-8-10-12-14-16-17-19-21-23-25-27-29-36(39)45-34(33-44-46(40,41)43-31-30-37-3)32-42-35(38)28-26-24-22-20-18-15-13-11-9-7-5-2/h11,13-14,16,34,37H,4-10,12,15,17-33H2,1-3H3,(H,40,41)/b13-11-,16-14-. The predicted octanol–water partition coefficient (Wildman–Crippen LogP) is 9.53. The molecule has 0 aromatic heterocycles. The molecule has 0 aromatic rings. The number of unbranched alkanes of at least 4 members (excludes halogenated alkanes) is 16. The van der Waals surface area contributed by atoms with Crippen molar-refractivity contribution in [2.24, 2.45) is 0 Å². The van der Waals surface area contributed by atoms with Gasteiger partial charge in [-0.2, -0.15) is 0 Å². The number of allylic oxidation sites excluding steroid dienone is 4. The monoisotopic (exact) mass is 673 g/mol. The predicted molar refractivity (Wildman–Crippen MR) is 188 cm³/mol. The zero-order valence-electron chi connectivity index (χ0n) is 29.5. The summed E-state index contributed by atoms with van der Waals surface area (Å²) in [5.41, 5.74) is 0. The average molecular weight is 674 g/mol. The van der Waals surface area contributed by atoms with Gasteiger partial charge in [0.2, 0.25) is 0 Å². The van der Waals surface area contributed by atoms with E-state index in [0.29, 0.717) is 13.0 Å². The van der Waals surface area contributed by atoms with Gasteiger partial charge in [-0.25, -0.2) is 4.57 Å². The number of carbonyl (C=O) groups excluding carboxylic acids is 2. The summed E-state index contributed by atoms with van der Waals surface area (Å²) < 4.78 is 33.0. The van der Waals surface area contributed by atoms with Crippen molar-refractivity contribution in [2.75, 3.05) is 33.4 Å². The number of carbonyl (C=O) groups is 2. The Bertz CT molecular complexity index is 820. The summed E-state index contributed by atoms with van der Waals surface area (Å²) in [7, 11) is -2.65. The van der Waals surface area contributed by atoms with Crippen molar-refractivity contribution in [1.29, 1.82) is 0 Å². The molecule has 0 aliphatic carbocycles. The van der Waals surface area contributed by atoms with Gasteiger partial charge in [0, 0.05) is 19.4 Å². The summed E-state index contributed by atoms with van der Waals surface area (Å²) in [6, 6.07) is 0. The molecule has 0 bridgehead atoms. The van der Waals surface area contributed by atoms with Gasteiger partial charge < -0.3 is 19.7 Å². The maximum Gasteiger partial charge on any atom is 0.472 e. The maximum absolute atomic E-state index is 12.5. The highest BCUT2D eigenvalue weighted by Crippen LogP contribution is 2.43. The lowest BCUT2D eigenvalue weighted by Gasteiger charge is -2.20. The molecule has 0 heterocycles. The van der Waals surface area contributed by atoms with Crippen LogP contribution in [0.25, 0.3) is 0 Å². The number of likely N-dealkylation sites (N-methyl/N-ethyl adjacent to an activating group) is 1. The fraction of sp³-hybridized carbons (Fsp3) is 0.833. The Labute approximate surface area is 281 Å². The van der Waals surface area contributed by atoms with E-state index < -0.39 is 26.5 Å². The molecule has 0 aliphatic heterocycles. The first-order chi connectivity index (χ1) is 22.3. The number of hydrogen-bond donors (Lipinski definition) is 2. The molecule has 0 saturated carbocycles. The van der Waals surface area contributed by atoms with Gasteiger partial charge in [0.15, 0.2) is 6.10 Å². The largest absolute Gasteiger partial charge is 0.472 e. The molecule has 2 atom stereocenters. The smallest absolute Gasteiger partial charge is 0.462 e. The van der Waals surface area contributed by atoms with Crippen LogP contribution in [-0.4, -0.2) is 56.3 Å². The number of phosphoric acid groups is 1. The van der Waals surface area contributed by atoms with E-state index in [1.54, 1.807) is 7.05 Å². The molecule has 0 radical (unpaired) electrons. The molecule has 9 nitrogen and oxygen atoms in total. The summed E-state index contributed by atoms with van der Waals surface area (Å²) in [6.07, 6.45) is 30.8. The normalized spacial score (nSPS) is 13.7. The van der Waals surface area contributed by atoms with E-state index in [9.17, 15) is 19.0 Å². The highest BCUT2D eigenvalue weighted by Gasteiger charge is 2.26. The van der Waals surface area contributed by atoms with Gasteiger partial charge in [0.1, 0.15) is 6.61 Å². The van der Waals surface area contributed by atoms with E-state index in [1.165, 1.54) is 44.9 Å². The van der Waals surface area contributed by atoms with Gasteiger partial charge in [0.25, 0.3) is 0 Å². The fourth-order valence-electron chi connectivity index (χ4n) is 4.70. The summed E-state index contributed by atoms with van der Waals surface area (Å²) in [5, 5.41) is 2.81. The molecule has 270 valence electrons. The van der Waals surface area contributed by atoms with Crippen molar-refractivity contribution < 1.29 is 37.6 Å². The number of nitrogens with one attached hydrogen (secondary N) is 1. The van der Waals surface area contributed by atoms with Crippen molar-refractivity contribution in [3.05, 3.63) is 24.3 Å². The van der Waals surface area contributed by atoms with E-state index in [-0.39, 0.29) is 32.0 Å². The third-order valence-electron chi connectivity index (χ3n) is 7.54. The molecule has 0 aliphatic rings. The minimum absolute atomic E-state index is 0.0191. The SMILES string of the molecule is CCCC/C=C\CCCCCCCC(=O)OCC(COP(=O)(O)OCCNC)OC(=O)CCCCCCC/C=C\CCCCCC. The molecule has 0 fully saturated rings. The third-order valence-corrected chi connectivity index (χ3v) is 8.53. The maximum atomic E-state index is 12.5. The second-order valence-corrected chi connectivity index (χ2v) is 13.5. The highest BCUT2D eigenvalue weighted by molar-refractivity contribution is 7.47. The second-order valence-electron chi connectivity index (χ2n) is 12.0. The Morgan fingerprint density at radius 3 is 1.67 bits per heavy atom. The van der Waals surface area contributed by atoms with Crippen LogP contribution in [0.4, 0.5) is 0 Å². The van der Waals surface area contributed by atoms with Crippen LogP contribution < -0.4 is 5.32 Å². The van der Waals surface area contributed by atoms with E-state index >= 15 is 0 Å². The Morgan fingerprint density at radius 2 is 1.13 bits per heavy atom. The van der Waals surface area contributed by atoms with E-state index in [2.05, 4.69) is 43.5 Å². The Morgan fingerprint density at radius 1 is 0.652 bits per heavy atom. The van der Waals surface area contributed by atoms with Gasteiger partial charge in [-0.15, -0.1) is 0 Å². The lowest BCUT2D eigenvalue weighted by molar-refractivity contribution is -0.161. The zero-order chi connectivity index (χ0) is 34.0. The molecule has 0 amide bonds. The van der Waals surface area contributed by atoms with Gasteiger partial charge in [-0.3, -0.25) is 18.6 Å². The van der Waals surface area contributed by atoms with Crippen molar-refractivity contribution >= 4 is 19.8 Å². The molecular weight excluding hydrogens is 605 g/mol. The van der Waals surface area contributed by atoms with Gasteiger partial charge >= 0.3 is 19.8 Å². The van der Waals surface area contributed by atoms with Crippen LogP contribution in [0.5, 0.6) is 0 Å². The van der Waals surface area contributed by atoms with Crippen LogP contribution >= 0.6 is 7.82 Å². The molecule has 10 heteroatoms.